The Bertz CT molecular complexity index is 664. The van der Waals surface area contributed by atoms with Crippen LogP contribution in [0.1, 0.15) is 23.3 Å². The van der Waals surface area contributed by atoms with E-state index in [4.69, 9.17) is 4.52 Å². The summed E-state index contributed by atoms with van der Waals surface area (Å²) in [5.74, 6) is 0.374. The minimum atomic E-state index is -0.996. The van der Waals surface area contributed by atoms with Gasteiger partial charge in [0.05, 0.1) is 6.54 Å². The van der Waals surface area contributed by atoms with E-state index in [-0.39, 0.29) is 12.5 Å². The third-order valence-electron chi connectivity index (χ3n) is 3.29. The molecule has 3 rings (SSSR count). The van der Waals surface area contributed by atoms with Crippen molar-refractivity contribution in [2.24, 2.45) is 0 Å². The fourth-order valence-corrected chi connectivity index (χ4v) is 3.06. The number of carbonyl (C=O) groups excluding carboxylic acids is 2. The summed E-state index contributed by atoms with van der Waals surface area (Å²) in [5, 5.41) is 8.44. The Morgan fingerprint density at radius 2 is 2.30 bits per heavy atom. The SMILES string of the molecule is Cc1cc(CN2C(=O)N[C@@](C)(c3cccs3)C2=O)no1. The van der Waals surface area contributed by atoms with Gasteiger partial charge in [-0.25, -0.2) is 4.79 Å². The standard InChI is InChI=1S/C13H13N3O3S/c1-8-6-9(15-19-8)7-16-11(17)13(2,14-12(16)18)10-4-3-5-20-10/h3-6H,7H2,1-2H3,(H,14,18)/t13-/m0/s1. The van der Waals surface area contributed by atoms with Gasteiger partial charge in [0.2, 0.25) is 0 Å². The lowest BCUT2D eigenvalue weighted by Gasteiger charge is -2.19. The Labute approximate surface area is 119 Å². The third kappa shape index (κ3) is 1.90. The topological polar surface area (TPSA) is 75.4 Å². The van der Waals surface area contributed by atoms with Crippen molar-refractivity contribution < 1.29 is 14.1 Å². The molecule has 2 aromatic rings. The largest absolute Gasteiger partial charge is 0.361 e. The van der Waals surface area contributed by atoms with Gasteiger partial charge in [0.25, 0.3) is 5.91 Å². The molecule has 2 aromatic heterocycles. The first-order chi connectivity index (χ1) is 9.50. The number of rotatable bonds is 3. The maximum Gasteiger partial charge on any atom is 0.325 e. The fourth-order valence-electron chi connectivity index (χ4n) is 2.23. The van der Waals surface area contributed by atoms with Gasteiger partial charge in [-0.3, -0.25) is 9.69 Å². The first-order valence-corrected chi connectivity index (χ1v) is 6.99. The smallest absolute Gasteiger partial charge is 0.325 e. The van der Waals surface area contributed by atoms with Gasteiger partial charge >= 0.3 is 6.03 Å². The van der Waals surface area contributed by atoms with Crippen molar-refractivity contribution in [3.8, 4) is 0 Å². The lowest BCUT2D eigenvalue weighted by Crippen LogP contribution is -2.40. The number of nitrogens with one attached hydrogen (secondary N) is 1. The quantitative estimate of drug-likeness (QED) is 0.878. The van der Waals surface area contributed by atoms with Crippen LogP contribution < -0.4 is 5.32 Å². The molecule has 1 atom stereocenters. The average molecular weight is 291 g/mol. The molecule has 3 amide bonds. The number of amides is 3. The molecule has 6 nitrogen and oxygen atoms in total. The molecule has 1 aliphatic heterocycles. The van der Waals surface area contributed by atoms with Crippen molar-refractivity contribution in [2.45, 2.75) is 25.9 Å². The molecule has 1 N–H and O–H groups in total. The van der Waals surface area contributed by atoms with Gasteiger partial charge in [-0.15, -0.1) is 11.3 Å². The monoisotopic (exact) mass is 291 g/mol. The number of urea groups is 1. The molecule has 0 spiro atoms. The fraction of sp³-hybridized carbons (Fsp3) is 0.308. The van der Waals surface area contributed by atoms with Crippen molar-refractivity contribution in [1.29, 1.82) is 0 Å². The Hall–Kier alpha value is -2.15. The van der Waals surface area contributed by atoms with E-state index in [1.54, 1.807) is 19.9 Å². The second kappa shape index (κ2) is 4.45. The van der Waals surface area contributed by atoms with Gasteiger partial charge in [0.1, 0.15) is 11.5 Å². The summed E-state index contributed by atoms with van der Waals surface area (Å²) in [6.07, 6.45) is 0. The number of nitrogens with zero attached hydrogens (tertiary/aromatic N) is 2. The second-order valence-electron chi connectivity index (χ2n) is 4.85. The number of imide groups is 1. The van der Waals surface area contributed by atoms with Crippen LogP contribution in [0.25, 0.3) is 0 Å². The Kier molecular flexibility index (Phi) is 2.86. The van der Waals surface area contributed by atoms with Crippen molar-refractivity contribution in [1.82, 2.24) is 15.4 Å². The zero-order valence-corrected chi connectivity index (χ0v) is 11.9. The van der Waals surface area contributed by atoms with Crippen molar-refractivity contribution in [3.63, 3.8) is 0 Å². The molecule has 0 aliphatic carbocycles. The summed E-state index contributed by atoms with van der Waals surface area (Å²) in [6, 6.07) is 4.99. The molecule has 3 heterocycles. The lowest BCUT2D eigenvalue weighted by molar-refractivity contribution is -0.131. The zero-order valence-electron chi connectivity index (χ0n) is 11.0. The minimum absolute atomic E-state index is 0.114. The summed E-state index contributed by atoms with van der Waals surface area (Å²) in [4.78, 5) is 26.6. The highest BCUT2D eigenvalue weighted by molar-refractivity contribution is 7.10. The van der Waals surface area contributed by atoms with E-state index in [0.29, 0.717) is 11.5 Å². The van der Waals surface area contributed by atoms with Gasteiger partial charge in [-0.1, -0.05) is 11.2 Å². The molecule has 1 fully saturated rings. The molecule has 0 unspecified atom stereocenters. The average Bonchev–Trinajstić information content (AvgIpc) is 3.09. The number of aromatic nitrogens is 1. The number of aryl methyl sites for hydroxylation is 1. The van der Waals surface area contributed by atoms with Crippen LogP contribution in [0.15, 0.2) is 28.1 Å². The zero-order chi connectivity index (χ0) is 14.3. The second-order valence-corrected chi connectivity index (χ2v) is 5.80. The Morgan fingerprint density at radius 1 is 1.50 bits per heavy atom. The molecular weight excluding hydrogens is 278 g/mol. The summed E-state index contributed by atoms with van der Waals surface area (Å²) in [5.41, 5.74) is -0.439. The van der Waals surface area contributed by atoms with Crippen LogP contribution in [-0.2, 0) is 16.9 Å². The van der Waals surface area contributed by atoms with Gasteiger partial charge < -0.3 is 9.84 Å². The van der Waals surface area contributed by atoms with Gasteiger partial charge in [-0.2, -0.15) is 0 Å². The maximum absolute atomic E-state index is 12.5. The van der Waals surface area contributed by atoms with E-state index in [0.717, 1.165) is 9.78 Å². The summed E-state index contributed by atoms with van der Waals surface area (Å²) in [7, 11) is 0. The highest BCUT2D eigenvalue weighted by Crippen LogP contribution is 2.32. The van der Waals surface area contributed by atoms with Crippen LogP contribution in [0.2, 0.25) is 0 Å². The van der Waals surface area contributed by atoms with Crippen LogP contribution >= 0.6 is 11.3 Å². The number of carbonyl (C=O) groups is 2. The summed E-state index contributed by atoms with van der Waals surface area (Å²) in [6.45, 7) is 3.59. The molecule has 1 saturated heterocycles. The molecular formula is C13H13N3O3S. The van der Waals surface area contributed by atoms with E-state index in [1.165, 1.54) is 11.3 Å². The Balaban J connectivity index is 1.87. The van der Waals surface area contributed by atoms with Gasteiger partial charge in [0.15, 0.2) is 5.54 Å². The van der Waals surface area contributed by atoms with E-state index in [1.807, 2.05) is 17.5 Å². The van der Waals surface area contributed by atoms with Gasteiger partial charge in [-0.05, 0) is 25.3 Å². The molecule has 0 aromatic carbocycles. The highest BCUT2D eigenvalue weighted by atomic mass is 32.1. The normalized spacial score (nSPS) is 22.4. The van der Waals surface area contributed by atoms with E-state index < -0.39 is 11.6 Å². The maximum atomic E-state index is 12.5. The molecule has 0 bridgehead atoms. The first kappa shape index (κ1) is 12.9. The molecule has 0 radical (unpaired) electrons. The highest BCUT2D eigenvalue weighted by Gasteiger charge is 2.49. The van der Waals surface area contributed by atoms with Crippen LogP contribution in [0.3, 0.4) is 0 Å². The summed E-state index contributed by atoms with van der Waals surface area (Å²) >= 11 is 1.44. The van der Waals surface area contributed by atoms with E-state index >= 15 is 0 Å². The molecule has 7 heteroatoms. The molecule has 0 saturated carbocycles. The third-order valence-corrected chi connectivity index (χ3v) is 4.38. The minimum Gasteiger partial charge on any atom is -0.361 e. The van der Waals surface area contributed by atoms with Crippen LogP contribution in [-0.4, -0.2) is 22.0 Å². The number of hydrogen-bond acceptors (Lipinski definition) is 5. The first-order valence-electron chi connectivity index (χ1n) is 6.11. The van der Waals surface area contributed by atoms with E-state index in [9.17, 15) is 9.59 Å². The predicted octanol–water partition coefficient (Wildman–Crippen LogP) is 2.01. The molecule has 104 valence electrons. The van der Waals surface area contributed by atoms with Crippen LogP contribution in [0.5, 0.6) is 0 Å². The van der Waals surface area contributed by atoms with E-state index in [2.05, 4.69) is 10.5 Å². The molecule has 1 aliphatic rings. The van der Waals surface area contributed by atoms with Crippen LogP contribution in [0, 0.1) is 6.92 Å². The van der Waals surface area contributed by atoms with Crippen molar-refractivity contribution >= 4 is 23.3 Å². The van der Waals surface area contributed by atoms with Crippen LogP contribution in [0.4, 0.5) is 4.79 Å². The Morgan fingerprint density at radius 3 is 2.90 bits per heavy atom. The summed E-state index contributed by atoms with van der Waals surface area (Å²) < 4.78 is 4.95. The number of thiophene rings is 1. The predicted molar refractivity (Wildman–Crippen MR) is 72.0 cm³/mol. The number of hydrogen-bond donors (Lipinski definition) is 1. The van der Waals surface area contributed by atoms with Crippen molar-refractivity contribution in [2.75, 3.05) is 0 Å². The van der Waals surface area contributed by atoms with Crippen molar-refractivity contribution in [3.05, 3.63) is 39.9 Å². The molecule has 20 heavy (non-hydrogen) atoms. The lowest BCUT2D eigenvalue weighted by atomic mass is 10.0. The van der Waals surface area contributed by atoms with Gasteiger partial charge in [0, 0.05) is 10.9 Å².